The molecule has 0 unspecified atom stereocenters. The zero-order chi connectivity index (χ0) is 12.1. The molecule has 0 aliphatic heterocycles. The van der Waals surface area contributed by atoms with Gasteiger partial charge in [-0.2, -0.15) is 0 Å². The highest BCUT2D eigenvalue weighted by molar-refractivity contribution is 9.10. The Hall–Kier alpha value is -1.07. The molecule has 1 aromatic carbocycles. The van der Waals surface area contributed by atoms with Gasteiger partial charge in [-0.3, -0.25) is 4.79 Å². The maximum Gasteiger partial charge on any atom is 0.308 e. The molecular formula is C11H13BrO4. The summed E-state index contributed by atoms with van der Waals surface area (Å²) in [6.07, 6.45) is -0.948. The zero-order valence-corrected chi connectivity index (χ0v) is 10.7. The molecule has 1 N–H and O–H groups in total. The number of methoxy groups -OCH3 is 2. The van der Waals surface area contributed by atoms with Crippen LogP contribution < -0.4 is 4.74 Å². The van der Waals surface area contributed by atoms with Crippen LogP contribution in [0, 0.1) is 0 Å². The van der Waals surface area contributed by atoms with Gasteiger partial charge in [-0.05, 0) is 33.6 Å². The van der Waals surface area contributed by atoms with E-state index in [9.17, 15) is 9.90 Å². The van der Waals surface area contributed by atoms with E-state index in [1.807, 2.05) is 0 Å². The van der Waals surface area contributed by atoms with Crippen molar-refractivity contribution in [3.05, 3.63) is 28.2 Å². The highest BCUT2D eigenvalue weighted by Crippen LogP contribution is 2.29. The van der Waals surface area contributed by atoms with Gasteiger partial charge in [0.05, 0.1) is 31.2 Å². The van der Waals surface area contributed by atoms with Gasteiger partial charge in [0.2, 0.25) is 0 Å². The van der Waals surface area contributed by atoms with E-state index in [4.69, 9.17) is 4.74 Å². The number of rotatable bonds is 4. The molecule has 16 heavy (non-hydrogen) atoms. The predicted molar refractivity (Wildman–Crippen MR) is 62.3 cm³/mol. The number of benzene rings is 1. The summed E-state index contributed by atoms with van der Waals surface area (Å²) in [5.41, 5.74) is 0.616. The minimum atomic E-state index is -0.880. The molecule has 0 fully saturated rings. The van der Waals surface area contributed by atoms with Crippen molar-refractivity contribution in [2.45, 2.75) is 12.5 Å². The Bertz CT molecular complexity index is 378. The van der Waals surface area contributed by atoms with Crippen LogP contribution >= 0.6 is 15.9 Å². The van der Waals surface area contributed by atoms with Crippen molar-refractivity contribution < 1.29 is 19.4 Å². The number of ether oxygens (including phenoxy) is 2. The first kappa shape index (κ1) is 13.0. The molecule has 0 aromatic heterocycles. The second kappa shape index (κ2) is 5.86. The molecule has 0 saturated heterocycles. The number of aliphatic hydroxyl groups is 1. The molecule has 0 saturated carbocycles. The minimum Gasteiger partial charge on any atom is -0.496 e. The van der Waals surface area contributed by atoms with Crippen LogP contribution in [-0.4, -0.2) is 25.3 Å². The van der Waals surface area contributed by atoms with Crippen molar-refractivity contribution in [2.75, 3.05) is 14.2 Å². The Balaban J connectivity index is 2.83. The molecule has 0 amide bonds. The van der Waals surface area contributed by atoms with Crippen molar-refractivity contribution in [2.24, 2.45) is 0 Å². The van der Waals surface area contributed by atoms with E-state index >= 15 is 0 Å². The van der Waals surface area contributed by atoms with Crippen molar-refractivity contribution in [1.82, 2.24) is 0 Å². The lowest BCUT2D eigenvalue weighted by Gasteiger charge is -2.11. The number of hydrogen-bond acceptors (Lipinski definition) is 4. The quantitative estimate of drug-likeness (QED) is 0.862. The summed E-state index contributed by atoms with van der Waals surface area (Å²) >= 11 is 3.31. The van der Waals surface area contributed by atoms with Crippen LogP contribution in [-0.2, 0) is 9.53 Å². The van der Waals surface area contributed by atoms with E-state index < -0.39 is 12.1 Å². The van der Waals surface area contributed by atoms with Gasteiger partial charge in [0.1, 0.15) is 5.75 Å². The number of aliphatic hydroxyl groups excluding tert-OH is 1. The van der Waals surface area contributed by atoms with E-state index in [0.717, 1.165) is 4.47 Å². The first-order valence-electron chi connectivity index (χ1n) is 4.66. The van der Waals surface area contributed by atoms with Gasteiger partial charge >= 0.3 is 5.97 Å². The monoisotopic (exact) mass is 288 g/mol. The van der Waals surface area contributed by atoms with Gasteiger partial charge < -0.3 is 14.6 Å². The Morgan fingerprint density at radius 2 is 2.19 bits per heavy atom. The maximum absolute atomic E-state index is 11.0. The average molecular weight is 289 g/mol. The Morgan fingerprint density at radius 3 is 2.75 bits per heavy atom. The molecule has 0 aliphatic rings. The summed E-state index contributed by atoms with van der Waals surface area (Å²) in [6, 6.07) is 5.16. The van der Waals surface area contributed by atoms with E-state index in [1.165, 1.54) is 14.2 Å². The smallest absolute Gasteiger partial charge is 0.308 e. The fourth-order valence-electron chi connectivity index (χ4n) is 1.24. The summed E-state index contributed by atoms with van der Waals surface area (Å²) in [6.45, 7) is 0. The van der Waals surface area contributed by atoms with Gasteiger partial charge in [0.15, 0.2) is 0 Å². The highest BCUT2D eigenvalue weighted by Gasteiger charge is 2.14. The molecule has 0 bridgehead atoms. The normalized spacial score (nSPS) is 12.0. The minimum absolute atomic E-state index is 0.0682. The first-order valence-corrected chi connectivity index (χ1v) is 5.46. The SMILES string of the molecule is COC(=O)C[C@@H](O)c1ccc(Br)c(OC)c1. The van der Waals surface area contributed by atoms with Crippen LogP contribution in [0.3, 0.4) is 0 Å². The van der Waals surface area contributed by atoms with Crippen molar-refractivity contribution in [1.29, 1.82) is 0 Å². The molecule has 5 heteroatoms. The number of carbonyl (C=O) groups excluding carboxylic acids is 1. The molecule has 0 radical (unpaired) electrons. The summed E-state index contributed by atoms with van der Waals surface area (Å²) < 4.78 is 10.4. The van der Waals surface area contributed by atoms with E-state index in [2.05, 4.69) is 20.7 Å². The third-order valence-corrected chi connectivity index (χ3v) is 2.80. The fraction of sp³-hybridized carbons (Fsp3) is 0.364. The second-order valence-corrected chi connectivity index (χ2v) is 4.04. The summed E-state index contributed by atoms with van der Waals surface area (Å²) in [5.74, 6) is 0.163. The maximum atomic E-state index is 11.0. The van der Waals surface area contributed by atoms with Crippen LogP contribution in [0.4, 0.5) is 0 Å². The number of halogens is 1. The summed E-state index contributed by atoms with van der Waals surface area (Å²) in [4.78, 5) is 11.0. The molecule has 1 atom stereocenters. The molecule has 88 valence electrons. The van der Waals surface area contributed by atoms with Crippen molar-refractivity contribution in [3.8, 4) is 5.75 Å². The van der Waals surface area contributed by atoms with E-state index in [1.54, 1.807) is 18.2 Å². The Labute approximate surface area is 102 Å². The second-order valence-electron chi connectivity index (χ2n) is 3.19. The predicted octanol–water partition coefficient (Wildman–Crippen LogP) is 2.05. The molecule has 4 nitrogen and oxygen atoms in total. The number of hydrogen-bond donors (Lipinski definition) is 1. The topological polar surface area (TPSA) is 55.8 Å². The fourth-order valence-corrected chi connectivity index (χ4v) is 1.65. The summed E-state index contributed by atoms with van der Waals surface area (Å²) in [5, 5.41) is 9.76. The first-order chi connectivity index (χ1) is 7.58. The van der Waals surface area contributed by atoms with Gasteiger partial charge in [-0.25, -0.2) is 0 Å². The largest absolute Gasteiger partial charge is 0.496 e. The van der Waals surface area contributed by atoms with Gasteiger partial charge in [-0.15, -0.1) is 0 Å². The Kier molecular flexibility index (Phi) is 4.76. The van der Waals surface area contributed by atoms with Crippen molar-refractivity contribution in [3.63, 3.8) is 0 Å². The van der Waals surface area contributed by atoms with Crippen molar-refractivity contribution >= 4 is 21.9 Å². The molecule has 0 aliphatic carbocycles. The highest BCUT2D eigenvalue weighted by atomic mass is 79.9. The number of carbonyl (C=O) groups is 1. The lowest BCUT2D eigenvalue weighted by atomic mass is 10.1. The van der Waals surface area contributed by atoms with Crippen LogP contribution in [0.2, 0.25) is 0 Å². The zero-order valence-electron chi connectivity index (χ0n) is 9.07. The number of esters is 1. The van der Waals surface area contributed by atoms with Gasteiger partial charge in [0, 0.05) is 0 Å². The van der Waals surface area contributed by atoms with Gasteiger partial charge in [0.25, 0.3) is 0 Å². The molecule has 1 aromatic rings. The third kappa shape index (κ3) is 3.21. The molecule has 0 heterocycles. The lowest BCUT2D eigenvalue weighted by molar-refractivity contribution is -0.142. The lowest BCUT2D eigenvalue weighted by Crippen LogP contribution is -2.08. The molecular weight excluding hydrogens is 276 g/mol. The van der Waals surface area contributed by atoms with E-state index in [-0.39, 0.29) is 6.42 Å². The summed E-state index contributed by atoms with van der Waals surface area (Å²) in [7, 11) is 2.83. The molecule has 0 spiro atoms. The van der Waals surface area contributed by atoms with Crippen LogP contribution in [0.15, 0.2) is 22.7 Å². The van der Waals surface area contributed by atoms with Gasteiger partial charge in [-0.1, -0.05) is 6.07 Å². The van der Waals surface area contributed by atoms with E-state index in [0.29, 0.717) is 11.3 Å². The third-order valence-electron chi connectivity index (χ3n) is 2.15. The Morgan fingerprint density at radius 1 is 1.50 bits per heavy atom. The van der Waals surface area contributed by atoms with Crippen LogP contribution in [0.5, 0.6) is 5.75 Å². The van der Waals surface area contributed by atoms with Crippen LogP contribution in [0.1, 0.15) is 18.1 Å². The van der Waals surface area contributed by atoms with Crippen LogP contribution in [0.25, 0.3) is 0 Å². The standard InChI is InChI=1S/C11H13BrO4/c1-15-10-5-7(3-4-8(10)12)9(13)6-11(14)16-2/h3-5,9,13H,6H2,1-2H3/t9-/m1/s1. The molecule has 1 rings (SSSR count). The average Bonchev–Trinajstić information content (AvgIpc) is 2.29.